The van der Waals surface area contributed by atoms with Gasteiger partial charge in [-0.25, -0.2) is 8.42 Å². The van der Waals surface area contributed by atoms with E-state index in [4.69, 9.17) is 0 Å². The molecule has 4 rings (SSSR count). The maximum absolute atomic E-state index is 12.8. The predicted molar refractivity (Wildman–Crippen MR) is 118 cm³/mol. The lowest BCUT2D eigenvalue weighted by atomic mass is 9.72. The zero-order chi connectivity index (χ0) is 21.1. The van der Waals surface area contributed by atoms with Crippen LogP contribution in [0.5, 0.6) is 0 Å². The minimum absolute atomic E-state index is 0.297. The molecule has 7 heteroatoms. The van der Waals surface area contributed by atoms with Gasteiger partial charge in [0.05, 0.1) is 4.90 Å². The molecule has 3 aliphatic rings. The molecule has 1 N–H and O–H groups in total. The molecule has 164 valence electrons. The molecule has 2 heterocycles. The van der Waals surface area contributed by atoms with E-state index in [2.05, 4.69) is 21.5 Å². The van der Waals surface area contributed by atoms with E-state index in [1.54, 1.807) is 18.2 Å². The van der Waals surface area contributed by atoms with Crippen molar-refractivity contribution in [3.63, 3.8) is 0 Å². The highest BCUT2D eigenvalue weighted by Gasteiger charge is 2.39. The van der Waals surface area contributed by atoms with E-state index in [1.165, 1.54) is 25.7 Å². The van der Waals surface area contributed by atoms with Crippen LogP contribution in [0.15, 0.2) is 34.2 Å². The molecule has 30 heavy (non-hydrogen) atoms. The maximum Gasteiger partial charge on any atom is 0.263 e. The van der Waals surface area contributed by atoms with Crippen molar-refractivity contribution in [3.8, 4) is 0 Å². The highest BCUT2D eigenvalue weighted by Crippen LogP contribution is 2.39. The summed E-state index contributed by atoms with van der Waals surface area (Å²) in [7, 11) is -3.47. The van der Waals surface area contributed by atoms with Crippen LogP contribution in [0.4, 0.5) is 0 Å². The molecular formula is C23H33N3O3S. The van der Waals surface area contributed by atoms with Gasteiger partial charge in [0.25, 0.3) is 10.0 Å². The van der Waals surface area contributed by atoms with Crippen LogP contribution >= 0.6 is 0 Å². The van der Waals surface area contributed by atoms with Crippen LogP contribution in [0.3, 0.4) is 0 Å². The zero-order valence-corrected chi connectivity index (χ0v) is 18.7. The minimum atomic E-state index is -3.47. The Balaban J connectivity index is 1.22. The monoisotopic (exact) mass is 431 g/mol. The number of piperidine rings is 1. The fourth-order valence-corrected chi connectivity index (χ4v) is 6.62. The first-order valence-electron chi connectivity index (χ1n) is 11.4. The number of rotatable bonds is 6. The van der Waals surface area contributed by atoms with Crippen LogP contribution in [0.25, 0.3) is 0 Å². The van der Waals surface area contributed by atoms with E-state index >= 15 is 0 Å². The Bertz CT molecular complexity index is 912. The van der Waals surface area contributed by atoms with Crippen molar-refractivity contribution in [2.24, 2.45) is 16.8 Å². The lowest BCUT2D eigenvalue weighted by Crippen LogP contribution is -2.52. The van der Waals surface area contributed by atoms with E-state index in [9.17, 15) is 13.2 Å². The van der Waals surface area contributed by atoms with Crippen molar-refractivity contribution in [1.29, 1.82) is 0 Å². The fraction of sp³-hybridized carbons (Fsp3) is 0.652. The number of likely N-dealkylation sites (tertiary alicyclic amines) is 1. The van der Waals surface area contributed by atoms with Crippen LogP contribution in [0.2, 0.25) is 0 Å². The van der Waals surface area contributed by atoms with Gasteiger partial charge in [-0.2, -0.15) is 0 Å². The van der Waals surface area contributed by atoms with E-state index in [0.29, 0.717) is 47.1 Å². The molecule has 1 amide bonds. The van der Waals surface area contributed by atoms with Crippen LogP contribution in [0, 0.1) is 11.8 Å². The Kier molecular flexibility index (Phi) is 6.46. The fourth-order valence-electron chi connectivity index (χ4n) is 5.37. The summed E-state index contributed by atoms with van der Waals surface area (Å²) in [5, 5.41) is 0. The second-order valence-corrected chi connectivity index (χ2v) is 10.7. The van der Waals surface area contributed by atoms with E-state index in [-0.39, 0.29) is 0 Å². The topological polar surface area (TPSA) is 78.8 Å². The summed E-state index contributed by atoms with van der Waals surface area (Å²) in [4.78, 5) is 19.8. The van der Waals surface area contributed by atoms with Crippen molar-refractivity contribution in [2.45, 2.75) is 75.6 Å². The zero-order valence-electron chi connectivity index (χ0n) is 17.8. The number of carbonyl (C=O) groups is 1. The number of nitrogens with zero attached hydrogens (tertiary/aromatic N) is 2. The summed E-state index contributed by atoms with van der Waals surface area (Å²) < 4.78 is 26.8. The molecule has 1 aromatic rings. The molecule has 0 radical (unpaired) electrons. The number of benzene rings is 1. The van der Waals surface area contributed by atoms with Crippen LogP contribution in [0.1, 0.15) is 70.3 Å². The highest BCUT2D eigenvalue weighted by atomic mass is 32.2. The first-order chi connectivity index (χ1) is 14.5. The highest BCUT2D eigenvalue weighted by molar-refractivity contribution is 7.90. The molecule has 6 nitrogen and oxygen atoms in total. The van der Waals surface area contributed by atoms with Crippen molar-refractivity contribution in [2.75, 3.05) is 13.1 Å². The molecule has 3 unspecified atom stereocenters. The first-order valence-corrected chi connectivity index (χ1v) is 12.9. The summed E-state index contributed by atoms with van der Waals surface area (Å²) >= 11 is 0. The van der Waals surface area contributed by atoms with E-state index in [0.717, 1.165) is 38.1 Å². The predicted octanol–water partition coefficient (Wildman–Crippen LogP) is 3.71. The van der Waals surface area contributed by atoms with E-state index in [1.807, 2.05) is 6.07 Å². The number of fused-ring (bicyclic) bond motifs is 2. The quantitative estimate of drug-likeness (QED) is 0.698. The average molecular weight is 432 g/mol. The smallest absolute Gasteiger partial charge is 0.263 e. The largest absolute Gasteiger partial charge is 0.339 e. The van der Waals surface area contributed by atoms with Crippen LogP contribution in [-0.2, 0) is 14.8 Å². The molecule has 1 saturated heterocycles. The van der Waals surface area contributed by atoms with Gasteiger partial charge < -0.3 is 4.90 Å². The third-order valence-corrected chi connectivity index (χ3v) is 8.44. The number of nitrogens with one attached hydrogen (secondary N) is 1. The Labute approximate surface area is 180 Å². The second kappa shape index (κ2) is 9.08. The van der Waals surface area contributed by atoms with Gasteiger partial charge in [-0.05, 0) is 56.1 Å². The molecule has 0 bridgehead atoms. The maximum atomic E-state index is 12.8. The normalized spacial score (nSPS) is 28.6. The Morgan fingerprint density at radius 3 is 2.80 bits per heavy atom. The number of hydrogen-bond acceptors (Lipinski definition) is 4. The van der Waals surface area contributed by atoms with Gasteiger partial charge in [0, 0.05) is 31.1 Å². The van der Waals surface area contributed by atoms with Crippen LogP contribution < -0.4 is 4.72 Å². The summed E-state index contributed by atoms with van der Waals surface area (Å²) in [5.74, 6) is 2.21. The molecule has 0 spiro atoms. The number of hydrogen-bond donors (Lipinski definition) is 1. The number of carbonyl (C=O) groups excluding carboxylic acids is 1. The summed E-state index contributed by atoms with van der Waals surface area (Å²) in [6, 6.07) is 7.39. The standard InChI is InChI=1S/C23H33N3O3S/c1-17-14-16-26(20-11-6-4-9-18(17)20)22(27)13-3-2-8-15-24-23-19-10-5-7-12-21(19)30(28,29)25-23/h5,7,10,12,17-18,20H,2-4,6,8-9,11,13-16H2,1H3,(H,24,25). The van der Waals surface area contributed by atoms with Crippen molar-refractivity contribution < 1.29 is 13.2 Å². The van der Waals surface area contributed by atoms with Crippen LogP contribution in [-0.4, -0.2) is 44.2 Å². The third kappa shape index (κ3) is 4.41. The van der Waals surface area contributed by atoms with Crippen molar-refractivity contribution in [1.82, 2.24) is 9.62 Å². The van der Waals surface area contributed by atoms with Gasteiger partial charge in [-0.15, -0.1) is 0 Å². The first kappa shape index (κ1) is 21.3. The summed E-state index contributed by atoms with van der Waals surface area (Å²) in [6.07, 6.45) is 9.43. The van der Waals surface area contributed by atoms with Crippen molar-refractivity contribution in [3.05, 3.63) is 29.8 Å². The molecule has 3 atom stereocenters. The average Bonchev–Trinajstić information content (AvgIpc) is 3.01. The van der Waals surface area contributed by atoms with Gasteiger partial charge in [0.15, 0.2) is 0 Å². The van der Waals surface area contributed by atoms with Gasteiger partial charge in [0.2, 0.25) is 5.91 Å². The molecule has 1 aliphatic carbocycles. The van der Waals surface area contributed by atoms with Gasteiger partial charge in [-0.3, -0.25) is 14.5 Å². The van der Waals surface area contributed by atoms with E-state index < -0.39 is 10.0 Å². The summed E-state index contributed by atoms with van der Waals surface area (Å²) in [6.45, 7) is 3.84. The SMILES string of the molecule is CC1CCN(C(=O)CCCCCN=C2NS(=O)(=O)c3ccccc32)C2CCCCC12. The molecule has 0 aromatic heterocycles. The molecule has 1 aromatic carbocycles. The lowest BCUT2D eigenvalue weighted by Gasteiger charge is -2.47. The van der Waals surface area contributed by atoms with Crippen molar-refractivity contribution >= 4 is 21.8 Å². The number of aliphatic imine (C=N–C) groups is 1. The molecular weight excluding hydrogens is 398 g/mol. The Hall–Kier alpha value is -1.89. The van der Waals surface area contributed by atoms with Gasteiger partial charge in [-0.1, -0.05) is 38.3 Å². The minimum Gasteiger partial charge on any atom is -0.339 e. The third-order valence-electron chi connectivity index (χ3n) is 7.04. The lowest BCUT2D eigenvalue weighted by molar-refractivity contribution is -0.139. The number of amides is 1. The molecule has 1 saturated carbocycles. The Morgan fingerprint density at radius 1 is 1.13 bits per heavy atom. The Morgan fingerprint density at radius 2 is 1.93 bits per heavy atom. The molecule has 2 fully saturated rings. The molecule has 2 aliphatic heterocycles. The van der Waals surface area contributed by atoms with Gasteiger partial charge >= 0.3 is 0 Å². The number of sulfonamides is 1. The number of unbranched alkanes of at least 4 members (excludes halogenated alkanes) is 2. The number of amidine groups is 1. The second-order valence-electron chi connectivity index (χ2n) is 9.01. The van der Waals surface area contributed by atoms with Gasteiger partial charge in [0.1, 0.15) is 5.84 Å². The summed E-state index contributed by atoms with van der Waals surface area (Å²) in [5.41, 5.74) is 0.647.